The number of halogens is 1. The minimum Gasteiger partial charge on any atom is -0.371 e. The van der Waals surface area contributed by atoms with Crippen molar-refractivity contribution in [2.75, 3.05) is 24.0 Å². The van der Waals surface area contributed by atoms with Crippen LogP contribution in [0.15, 0.2) is 18.2 Å². The third-order valence-corrected chi connectivity index (χ3v) is 4.37. The van der Waals surface area contributed by atoms with E-state index in [-0.39, 0.29) is 0 Å². The molecule has 1 unspecified atom stereocenters. The van der Waals surface area contributed by atoms with Gasteiger partial charge in [-0.1, -0.05) is 22.0 Å². The normalized spacial score (nSPS) is 12.6. The zero-order valence-corrected chi connectivity index (χ0v) is 12.9. The monoisotopic (exact) mass is 301 g/mol. The van der Waals surface area contributed by atoms with Crippen LogP contribution in [0.2, 0.25) is 0 Å². The average molecular weight is 302 g/mol. The second-order valence-electron chi connectivity index (χ2n) is 4.16. The molecule has 0 fully saturated rings. The van der Waals surface area contributed by atoms with Gasteiger partial charge in [0.15, 0.2) is 0 Å². The van der Waals surface area contributed by atoms with Crippen LogP contribution in [0.25, 0.3) is 0 Å². The van der Waals surface area contributed by atoms with E-state index in [0.717, 1.165) is 11.1 Å². The highest BCUT2D eigenvalue weighted by Gasteiger charge is 2.10. The minimum absolute atomic E-state index is 0.573. The lowest BCUT2D eigenvalue weighted by Crippen LogP contribution is -2.30. The van der Waals surface area contributed by atoms with E-state index in [0.29, 0.717) is 6.04 Å². The molecule has 0 saturated carbocycles. The fraction of sp³-hybridized carbons (Fsp3) is 0.538. The number of anilines is 1. The number of benzene rings is 1. The average Bonchev–Trinajstić information content (AvgIpc) is 2.28. The van der Waals surface area contributed by atoms with Crippen LogP contribution in [0.1, 0.15) is 18.1 Å². The molecule has 0 aliphatic rings. The fourth-order valence-corrected chi connectivity index (χ4v) is 2.99. The molecule has 16 heavy (non-hydrogen) atoms. The lowest BCUT2D eigenvalue weighted by atomic mass is 10.1. The molecule has 0 aromatic heterocycles. The van der Waals surface area contributed by atoms with E-state index < -0.39 is 0 Å². The number of hydrogen-bond acceptors (Lipinski definition) is 2. The van der Waals surface area contributed by atoms with Gasteiger partial charge in [-0.05, 0) is 43.4 Å². The van der Waals surface area contributed by atoms with E-state index in [9.17, 15) is 0 Å². The van der Waals surface area contributed by atoms with Crippen molar-refractivity contribution in [3.05, 3.63) is 29.3 Å². The maximum Gasteiger partial charge on any atom is 0.0369 e. The Labute approximate surface area is 112 Å². The van der Waals surface area contributed by atoms with Crippen molar-refractivity contribution in [3.63, 3.8) is 0 Å². The maximum absolute atomic E-state index is 3.51. The van der Waals surface area contributed by atoms with Crippen molar-refractivity contribution in [2.24, 2.45) is 0 Å². The molecule has 1 nitrogen and oxygen atoms in total. The van der Waals surface area contributed by atoms with Crippen LogP contribution < -0.4 is 4.90 Å². The number of aryl methyl sites for hydroxylation is 1. The van der Waals surface area contributed by atoms with Crippen molar-refractivity contribution in [3.8, 4) is 0 Å². The molecule has 0 aliphatic carbocycles. The molecule has 3 heteroatoms. The highest BCUT2D eigenvalue weighted by Crippen LogP contribution is 2.22. The topological polar surface area (TPSA) is 3.24 Å². The second-order valence-corrected chi connectivity index (χ2v) is 5.63. The Morgan fingerprint density at radius 3 is 2.62 bits per heavy atom. The number of thioether (sulfide) groups is 1. The van der Waals surface area contributed by atoms with Crippen molar-refractivity contribution in [2.45, 2.75) is 25.2 Å². The first kappa shape index (κ1) is 13.9. The second kappa shape index (κ2) is 6.55. The lowest BCUT2D eigenvalue weighted by Gasteiger charge is -2.27. The molecule has 1 atom stereocenters. The molecule has 0 aliphatic heterocycles. The van der Waals surface area contributed by atoms with Gasteiger partial charge in [0, 0.05) is 29.9 Å². The summed E-state index contributed by atoms with van der Waals surface area (Å²) in [5, 5.41) is 0.934. The molecular formula is C13H20BrNS. The van der Waals surface area contributed by atoms with Gasteiger partial charge in [-0.15, -0.1) is 0 Å². The van der Waals surface area contributed by atoms with Gasteiger partial charge in [0.05, 0.1) is 0 Å². The fourth-order valence-electron chi connectivity index (χ4n) is 1.66. The molecule has 0 bridgehead atoms. The van der Waals surface area contributed by atoms with E-state index >= 15 is 0 Å². The van der Waals surface area contributed by atoms with Gasteiger partial charge in [0.25, 0.3) is 0 Å². The Morgan fingerprint density at radius 1 is 1.44 bits per heavy atom. The Morgan fingerprint density at radius 2 is 2.12 bits per heavy atom. The van der Waals surface area contributed by atoms with E-state index in [1.165, 1.54) is 16.8 Å². The molecule has 0 amide bonds. The molecular weight excluding hydrogens is 282 g/mol. The Kier molecular flexibility index (Phi) is 5.70. The zero-order chi connectivity index (χ0) is 12.1. The van der Waals surface area contributed by atoms with Gasteiger partial charge in [-0.2, -0.15) is 11.8 Å². The molecule has 90 valence electrons. The summed E-state index contributed by atoms with van der Waals surface area (Å²) in [6.07, 6.45) is 2.16. The summed E-state index contributed by atoms with van der Waals surface area (Å²) in [6.45, 7) is 4.44. The van der Waals surface area contributed by atoms with Crippen molar-refractivity contribution >= 4 is 33.4 Å². The van der Waals surface area contributed by atoms with Crippen LogP contribution in [0.5, 0.6) is 0 Å². The quantitative estimate of drug-likeness (QED) is 0.754. The van der Waals surface area contributed by atoms with Gasteiger partial charge >= 0.3 is 0 Å². The van der Waals surface area contributed by atoms with Crippen molar-refractivity contribution in [1.29, 1.82) is 0 Å². The van der Waals surface area contributed by atoms with Crippen LogP contribution in [-0.2, 0) is 5.33 Å². The summed E-state index contributed by atoms with van der Waals surface area (Å²) in [4.78, 5) is 2.35. The summed E-state index contributed by atoms with van der Waals surface area (Å²) in [7, 11) is 2.17. The lowest BCUT2D eigenvalue weighted by molar-refractivity contribution is 0.765. The summed E-state index contributed by atoms with van der Waals surface area (Å²) in [6, 6.07) is 7.26. The maximum atomic E-state index is 3.51. The molecule has 0 spiro atoms. The van der Waals surface area contributed by atoms with E-state index in [1.807, 2.05) is 11.8 Å². The Balaban J connectivity index is 2.84. The third kappa shape index (κ3) is 3.42. The van der Waals surface area contributed by atoms with Gasteiger partial charge in [-0.3, -0.25) is 0 Å². The number of nitrogens with zero attached hydrogens (tertiary/aromatic N) is 1. The first-order chi connectivity index (χ1) is 7.60. The Hall–Kier alpha value is -0.150. The Bertz CT molecular complexity index is 341. The highest BCUT2D eigenvalue weighted by atomic mass is 79.9. The van der Waals surface area contributed by atoms with Gasteiger partial charge in [0.1, 0.15) is 0 Å². The van der Waals surface area contributed by atoms with E-state index in [1.54, 1.807) is 0 Å². The van der Waals surface area contributed by atoms with Crippen molar-refractivity contribution in [1.82, 2.24) is 0 Å². The van der Waals surface area contributed by atoms with Crippen LogP contribution in [0, 0.1) is 6.92 Å². The molecule has 1 aromatic carbocycles. The molecule has 1 aromatic rings. The van der Waals surface area contributed by atoms with Gasteiger partial charge in [0.2, 0.25) is 0 Å². The summed E-state index contributed by atoms with van der Waals surface area (Å²) >= 11 is 5.40. The molecule has 0 N–H and O–H groups in total. The predicted octanol–water partition coefficient (Wildman–Crippen LogP) is 4.08. The predicted molar refractivity (Wildman–Crippen MR) is 80.1 cm³/mol. The number of alkyl halides is 1. The van der Waals surface area contributed by atoms with Crippen LogP contribution in [-0.4, -0.2) is 25.1 Å². The number of rotatable bonds is 5. The van der Waals surface area contributed by atoms with Crippen LogP contribution in [0.3, 0.4) is 0 Å². The molecule has 0 radical (unpaired) electrons. The van der Waals surface area contributed by atoms with Crippen LogP contribution in [0.4, 0.5) is 5.69 Å². The number of hydrogen-bond donors (Lipinski definition) is 0. The first-order valence-corrected chi connectivity index (χ1v) is 7.99. The highest BCUT2D eigenvalue weighted by molar-refractivity contribution is 9.08. The van der Waals surface area contributed by atoms with Gasteiger partial charge < -0.3 is 4.90 Å². The molecule has 0 heterocycles. The van der Waals surface area contributed by atoms with E-state index in [4.69, 9.17) is 0 Å². The summed E-state index contributed by atoms with van der Waals surface area (Å²) in [5.74, 6) is 1.16. The SMILES string of the molecule is CSCC(C)N(C)c1ccc(CBr)c(C)c1. The molecule has 1 rings (SSSR count). The van der Waals surface area contributed by atoms with Gasteiger partial charge in [-0.25, -0.2) is 0 Å². The van der Waals surface area contributed by atoms with Crippen LogP contribution >= 0.6 is 27.7 Å². The van der Waals surface area contributed by atoms with E-state index in [2.05, 4.69) is 66.2 Å². The molecule has 0 saturated heterocycles. The standard InChI is InChI=1S/C13H20BrNS/c1-10-7-13(6-5-12(10)8-14)15(3)11(2)9-16-4/h5-7,11H,8-9H2,1-4H3. The minimum atomic E-state index is 0.573. The van der Waals surface area contributed by atoms with Crippen molar-refractivity contribution < 1.29 is 0 Å². The third-order valence-electron chi connectivity index (χ3n) is 2.95. The smallest absolute Gasteiger partial charge is 0.0369 e. The summed E-state index contributed by atoms with van der Waals surface area (Å²) < 4.78 is 0. The zero-order valence-electron chi connectivity index (χ0n) is 10.5. The summed E-state index contributed by atoms with van der Waals surface area (Å²) in [5.41, 5.74) is 4.04. The first-order valence-electron chi connectivity index (χ1n) is 5.47. The largest absolute Gasteiger partial charge is 0.371 e.